The number of rotatable bonds is 2. The van der Waals surface area contributed by atoms with Crippen LogP contribution in [-0.2, 0) is 0 Å². The minimum Gasteiger partial charge on any atom is -0.397 e. The minimum absolute atomic E-state index is 0.0188. The molecule has 1 aromatic carbocycles. The van der Waals surface area contributed by atoms with E-state index < -0.39 is 11.6 Å². The van der Waals surface area contributed by atoms with Gasteiger partial charge in [-0.15, -0.1) is 0 Å². The van der Waals surface area contributed by atoms with Crippen LogP contribution in [0.15, 0.2) is 24.4 Å². The average Bonchev–Trinajstić information content (AvgIpc) is 2.28. The number of nitrogens with zero attached hydrogens (tertiary/aromatic N) is 1. The van der Waals surface area contributed by atoms with Crippen molar-refractivity contribution in [2.24, 2.45) is 0 Å². The summed E-state index contributed by atoms with van der Waals surface area (Å²) in [6.45, 7) is 1.80. The first-order chi connectivity index (χ1) is 8.47. The van der Waals surface area contributed by atoms with Crippen LogP contribution >= 0.6 is 11.6 Å². The van der Waals surface area contributed by atoms with Gasteiger partial charge in [-0.05, 0) is 24.6 Å². The maximum absolute atomic E-state index is 13.5. The van der Waals surface area contributed by atoms with E-state index in [2.05, 4.69) is 10.3 Å². The maximum Gasteiger partial charge on any atom is 0.151 e. The third-order valence-electron chi connectivity index (χ3n) is 2.41. The van der Waals surface area contributed by atoms with Crippen molar-refractivity contribution in [1.82, 2.24) is 4.98 Å². The average molecular weight is 270 g/mol. The molecule has 0 atom stereocenters. The highest BCUT2D eigenvalue weighted by atomic mass is 35.5. The molecule has 1 aromatic heterocycles. The number of pyridine rings is 1. The third kappa shape index (κ3) is 2.51. The van der Waals surface area contributed by atoms with Gasteiger partial charge < -0.3 is 11.1 Å². The van der Waals surface area contributed by atoms with E-state index in [0.717, 1.165) is 17.7 Å². The van der Waals surface area contributed by atoms with Crippen LogP contribution in [0, 0.1) is 18.6 Å². The predicted octanol–water partition coefficient (Wildman–Crippen LogP) is 3.65. The van der Waals surface area contributed by atoms with Gasteiger partial charge in [-0.2, -0.15) is 0 Å². The highest BCUT2D eigenvalue weighted by molar-refractivity contribution is 6.33. The Morgan fingerprint density at radius 3 is 2.61 bits per heavy atom. The first-order valence-corrected chi connectivity index (χ1v) is 5.49. The summed E-state index contributed by atoms with van der Waals surface area (Å²) in [4.78, 5) is 3.98. The van der Waals surface area contributed by atoms with Gasteiger partial charge in [0.25, 0.3) is 0 Å². The van der Waals surface area contributed by atoms with Crippen molar-refractivity contribution in [2.75, 3.05) is 11.1 Å². The standard InChI is InChI=1S/C12H10ClF2N3/c1-6-2-11(17-5-10(6)16)18-12-8(13)3-7(14)4-9(12)15/h2-5H,16H2,1H3,(H,17,18). The first-order valence-electron chi connectivity index (χ1n) is 5.11. The molecule has 0 saturated heterocycles. The molecule has 18 heavy (non-hydrogen) atoms. The SMILES string of the molecule is Cc1cc(Nc2c(F)cc(F)cc2Cl)ncc1N. The van der Waals surface area contributed by atoms with E-state index in [1.165, 1.54) is 6.20 Å². The zero-order valence-electron chi connectivity index (χ0n) is 9.47. The van der Waals surface area contributed by atoms with Gasteiger partial charge in [0.1, 0.15) is 11.6 Å². The van der Waals surface area contributed by atoms with Gasteiger partial charge in [0, 0.05) is 6.07 Å². The fourth-order valence-corrected chi connectivity index (χ4v) is 1.67. The smallest absolute Gasteiger partial charge is 0.151 e. The molecule has 3 nitrogen and oxygen atoms in total. The predicted molar refractivity (Wildman–Crippen MR) is 68.0 cm³/mol. The Hall–Kier alpha value is -1.88. The van der Waals surface area contributed by atoms with Crippen molar-refractivity contribution in [1.29, 1.82) is 0 Å². The molecule has 94 valence electrons. The van der Waals surface area contributed by atoms with Gasteiger partial charge in [0.2, 0.25) is 0 Å². The molecule has 0 saturated carbocycles. The van der Waals surface area contributed by atoms with Gasteiger partial charge in [0.15, 0.2) is 5.82 Å². The van der Waals surface area contributed by atoms with E-state index in [1.54, 1.807) is 13.0 Å². The Kier molecular flexibility index (Phi) is 3.34. The summed E-state index contributed by atoms with van der Waals surface area (Å²) in [6, 6.07) is 3.42. The van der Waals surface area contributed by atoms with Gasteiger partial charge in [0.05, 0.1) is 22.6 Å². The van der Waals surface area contributed by atoms with Gasteiger partial charge in [-0.3, -0.25) is 0 Å². The van der Waals surface area contributed by atoms with E-state index >= 15 is 0 Å². The number of nitrogen functional groups attached to an aromatic ring is 1. The number of aromatic nitrogens is 1. The normalized spacial score (nSPS) is 10.4. The number of hydrogen-bond acceptors (Lipinski definition) is 3. The van der Waals surface area contributed by atoms with E-state index in [1.807, 2.05) is 0 Å². The van der Waals surface area contributed by atoms with Crippen LogP contribution in [0.5, 0.6) is 0 Å². The number of hydrogen-bond donors (Lipinski definition) is 2. The number of halogens is 3. The van der Waals surface area contributed by atoms with Crippen LogP contribution < -0.4 is 11.1 Å². The minimum atomic E-state index is -0.781. The summed E-state index contributed by atoms with van der Waals surface area (Å²) in [5.74, 6) is -1.13. The second-order valence-electron chi connectivity index (χ2n) is 3.80. The highest BCUT2D eigenvalue weighted by Crippen LogP contribution is 2.29. The number of benzene rings is 1. The lowest BCUT2D eigenvalue weighted by atomic mass is 10.2. The Bertz CT molecular complexity index is 579. The monoisotopic (exact) mass is 269 g/mol. The largest absolute Gasteiger partial charge is 0.397 e. The Morgan fingerprint density at radius 2 is 2.00 bits per heavy atom. The van der Waals surface area contributed by atoms with Gasteiger partial charge in [-0.25, -0.2) is 13.8 Å². The fourth-order valence-electron chi connectivity index (χ4n) is 1.42. The number of nitrogens with one attached hydrogen (secondary N) is 1. The summed E-state index contributed by atoms with van der Waals surface area (Å²) in [5, 5.41) is 2.64. The summed E-state index contributed by atoms with van der Waals surface area (Å²) >= 11 is 5.76. The van der Waals surface area contributed by atoms with Crippen molar-refractivity contribution >= 4 is 28.8 Å². The van der Waals surface area contributed by atoms with Crippen LogP contribution in [0.3, 0.4) is 0 Å². The molecule has 0 radical (unpaired) electrons. The molecular weight excluding hydrogens is 260 g/mol. The first kappa shape index (κ1) is 12.6. The summed E-state index contributed by atoms with van der Waals surface area (Å²) in [5.41, 5.74) is 6.93. The molecular formula is C12H10ClF2N3. The summed E-state index contributed by atoms with van der Waals surface area (Å²) in [7, 11) is 0. The second kappa shape index (κ2) is 4.78. The molecule has 0 amide bonds. The number of aryl methyl sites for hydroxylation is 1. The molecule has 0 bridgehead atoms. The highest BCUT2D eigenvalue weighted by Gasteiger charge is 2.11. The Balaban J connectivity index is 2.37. The Labute approximate surface area is 108 Å². The van der Waals surface area contributed by atoms with Crippen molar-refractivity contribution in [3.05, 3.63) is 46.6 Å². The van der Waals surface area contributed by atoms with Crippen LogP contribution in [0.1, 0.15) is 5.56 Å². The third-order valence-corrected chi connectivity index (χ3v) is 2.71. The van der Waals surface area contributed by atoms with Crippen molar-refractivity contribution in [3.8, 4) is 0 Å². The Morgan fingerprint density at radius 1 is 1.28 bits per heavy atom. The molecule has 2 rings (SSSR count). The van der Waals surface area contributed by atoms with Crippen LogP contribution in [0.25, 0.3) is 0 Å². The molecule has 0 aliphatic heterocycles. The molecule has 0 fully saturated rings. The van der Waals surface area contributed by atoms with E-state index in [0.29, 0.717) is 11.5 Å². The zero-order valence-corrected chi connectivity index (χ0v) is 10.2. The zero-order chi connectivity index (χ0) is 13.3. The van der Waals surface area contributed by atoms with Gasteiger partial charge in [-0.1, -0.05) is 11.6 Å². The van der Waals surface area contributed by atoms with Crippen molar-refractivity contribution in [2.45, 2.75) is 6.92 Å². The van der Waals surface area contributed by atoms with Crippen molar-refractivity contribution < 1.29 is 8.78 Å². The topological polar surface area (TPSA) is 50.9 Å². The summed E-state index contributed by atoms with van der Waals surface area (Å²) in [6.07, 6.45) is 1.45. The number of anilines is 3. The lowest BCUT2D eigenvalue weighted by Gasteiger charge is -2.10. The molecule has 6 heteroatoms. The van der Waals surface area contributed by atoms with Crippen LogP contribution in [0.2, 0.25) is 5.02 Å². The molecule has 0 unspecified atom stereocenters. The lowest BCUT2D eigenvalue weighted by Crippen LogP contribution is -2.00. The molecule has 2 aromatic rings. The van der Waals surface area contributed by atoms with Gasteiger partial charge >= 0.3 is 0 Å². The van der Waals surface area contributed by atoms with E-state index in [-0.39, 0.29) is 10.7 Å². The molecule has 0 aliphatic rings. The second-order valence-corrected chi connectivity index (χ2v) is 4.20. The quantitative estimate of drug-likeness (QED) is 0.875. The van der Waals surface area contributed by atoms with E-state index in [9.17, 15) is 8.78 Å². The number of nitrogens with two attached hydrogens (primary N) is 1. The maximum atomic E-state index is 13.5. The summed E-state index contributed by atoms with van der Waals surface area (Å²) < 4.78 is 26.4. The van der Waals surface area contributed by atoms with Crippen LogP contribution in [-0.4, -0.2) is 4.98 Å². The molecule has 0 spiro atoms. The fraction of sp³-hybridized carbons (Fsp3) is 0.0833. The molecule has 1 heterocycles. The molecule has 3 N–H and O–H groups in total. The van der Waals surface area contributed by atoms with Crippen LogP contribution in [0.4, 0.5) is 26.0 Å². The van der Waals surface area contributed by atoms with E-state index in [4.69, 9.17) is 17.3 Å². The van der Waals surface area contributed by atoms with Crippen molar-refractivity contribution in [3.63, 3.8) is 0 Å². The molecule has 0 aliphatic carbocycles. The lowest BCUT2D eigenvalue weighted by molar-refractivity contribution is 0.586.